The van der Waals surface area contributed by atoms with Crippen LogP contribution in [0.15, 0.2) is 40.8 Å². The molecule has 2 heterocycles. The van der Waals surface area contributed by atoms with E-state index in [1.165, 1.54) is 12.1 Å². The Labute approximate surface area is 124 Å². The van der Waals surface area contributed by atoms with Gasteiger partial charge in [0.05, 0.1) is 6.54 Å². The number of rotatable bonds is 4. The number of hydrogen-bond acceptors (Lipinski definition) is 3. The lowest BCUT2D eigenvalue weighted by Gasteiger charge is -2.34. The Balaban J connectivity index is 1.63. The van der Waals surface area contributed by atoms with Crippen molar-refractivity contribution in [2.75, 3.05) is 13.2 Å². The van der Waals surface area contributed by atoms with Gasteiger partial charge in [0.15, 0.2) is 0 Å². The Bertz CT molecular complexity index is 585. The Morgan fingerprint density at radius 1 is 1.10 bits per heavy atom. The molecule has 1 aromatic carbocycles. The zero-order chi connectivity index (χ0) is 14.7. The summed E-state index contributed by atoms with van der Waals surface area (Å²) in [6, 6.07) is 10.2. The number of hydrogen-bond donors (Lipinski definition) is 1. The highest BCUT2D eigenvalue weighted by Crippen LogP contribution is 2.24. The predicted molar refractivity (Wildman–Crippen MR) is 79.4 cm³/mol. The van der Waals surface area contributed by atoms with Crippen molar-refractivity contribution in [2.45, 2.75) is 31.8 Å². The molecule has 0 amide bonds. The van der Waals surface area contributed by atoms with Gasteiger partial charge in [-0.3, -0.25) is 0 Å². The van der Waals surface area contributed by atoms with Gasteiger partial charge in [0.1, 0.15) is 17.3 Å². The van der Waals surface area contributed by atoms with Gasteiger partial charge >= 0.3 is 0 Å². The minimum atomic E-state index is -0.236. The molecule has 21 heavy (non-hydrogen) atoms. The lowest BCUT2D eigenvalue weighted by atomic mass is 9.92. The first-order valence-corrected chi connectivity index (χ1v) is 7.32. The molecule has 1 fully saturated rings. The van der Waals surface area contributed by atoms with Crippen LogP contribution >= 0.6 is 0 Å². The fraction of sp³-hybridized carbons (Fsp3) is 0.412. The van der Waals surface area contributed by atoms with Gasteiger partial charge in [0, 0.05) is 24.3 Å². The van der Waals surface area contributed by atoms with E-state index in [9.17, 15) is 4.39 Å². The van der Waals surface area contributed by atoms with Gasteiger partial charge in [0.2, 0.25) is 0 Å². The van der Waals surface area contributed by atoms with E-state index >= 15 is 0 Å². The second kappa shape index (κ2) is 6.00. The summed E-state index contributed by atoms with van der Waals surface area (Å²) >= 11 is 0. The van der Waals surface area contributed by atoms with Crippen LogP contribution in [0.3, 0.4) is 0 Å². The van der Waals surface area contributed by atoms with E-state index in [-0.39, 0.29) is 11.4 Å². The molecule has 0 aliphatic carbocycles. The lowest BCUT2D eigenvalue weighted by Crippen LogP contribution is -2.46. The molecule has 1 aliphatic heterocycles. The van der Waals surface area contributed by atoms with Gasteiger partial charge in [-0.2, -0.15) is 0 Å². The molecule has 0 spiro atoms. The summed E-state index contributed by atoms with van der Waals surface area (Å²) in [7, 11) is 0. The maximum absolute atomic E-state index is 12.9. The average Bonchev–Trinajstić information content (AvgIpc) is 2.96. The quantitative estimate of drug-likeness (QED) is 0.931. The van der Waals surface area contributed by atoms with Crippen LogP contribution in [0.4, 0.5) is 4.39 Å². The number of halogens is 1. The van der Waals surface area contributed by atoms with Crippen LogP contribution in [0.25, 0.3) is 11.3 Å². The van der Waals surface area contributed by atoms with E-state index in [0.29, 0.717) is 6.54 Å². The maximum Gasteiger partial charge on any atom is 0.134 e. The Hall–Kier alpha value is -1.65. The third-order valence-corrected chi connectivity index (χ3v) is 4.08. The van der Waals surface area contributed by atoms with E-state index in [4.69, 9.17) is 9.15 Å². The molecular weight excluding hydrogens is 269 g/mol. The largest absolute Gasteiger partial charge is 0.460 e. The first-order chi connectivity index (χ1) is 10.1. The molecule has 0 radical (unpaired) electrons. The number of ether oxygens (including phenoxy) is 1. The number of furan rings is 1. The van der Waals surface area contributed by atoms with Gasteiger partial charge in [-0.05, 0) is 56.2 Å². The van der Waals surface area contributed by atoms with E-state index < -0.39 is 0 Å². The summed E-state index contributed by atoms with van der Waals surface area (Å²) < 4.78 is 24.1. The van der Waals surface area contributed by atoms with Crippen molar-refractivity contribution in [1.29, 1.82) is 0 Å². The van der Waals surface area contributed by atoms with Crippen LogP contribution in [-0.2, 0) is 11.3 Å². The second-order valence-corrected chi connectivity index (χ2v) is 5.80. The van der Waals surface area contributed by atoms with Crippen LogP contribution in [0.2, 0.25) is 0 Å². The Morgan fingerprint density at radius 3 is 2.52 bits per heavy atom. The van der Waals surface area contributed by atoms with Crippen molar-refractivity contribution in [3.05, 3.63) is 48.0 Å². The molecule has 1 N–H and O–H groups in total. The summed E-state index contributed by atoms with van der Waals surface area (Å²) in [5, 5.41) is 3.55. The van der Waals surface area contributed by atoms with Gasteiger partial charge in [-0.1, -0.05) is 0 Å². The van der Waals surface area contributed by atoms with Crippen LogP contribution in [0.1, 0.15) is 25.5 Å². The van der Waals surface area contributed by atoms with Crippen molar-refractivity contribution in [2.24, 2.45) is 0 Å². The molecule has 0 unspecified atom stereocenters. The third kappa shape index (κ3) is 3.52. The molecule has 1 aromatic heterocycles. The summed E-state index contributed by atoms with van der Waals surface area (Å²) in [5.41, 5.74) is 1.00. The summed E-state index contributed by atoms with van der Waals surface area (Å²) in [5.74, 6) is 1.42. The SMILES string of the molecule is CC1(NCc2ccc(-c3ccc(F)cc3)o2)CCOCC1. The first-order valence-electron chi connectivity index (χ1n) is 7.32. The van der Waals surface area contributed by atoms with Crippen LogP contribution in [0.5, 0.6) is 0 Å². The van der Waals surface area contributed by atoms with Crippen molar-refractivity contribution in [3.8, 4) is 11.3 Å². The van der Waals surface area contributed by atoms with Gasteiger partial charge < -0.3 is 14.5 Å². The molecule has 1 saturated heterocycles. The smallest absolute Gasteiger partial charge is 0.134 e. The van der Waals surface area contributed by atoms with Gasteiger partial charge in [0.25, 0.3) is 0 Å². The van der Waals surface area contributed by atoms with E-state index in [1.807, 2.05) is 12.1 Å². The highest BCUT2D eigenvalue weighted by Gasteiger charge is 2.26. The number of benzene rings is 1. The molecule has 3 nitrogen and oxygen atoms in total. The molecule has 4 heteroatoms. The molecule has 0 bridgehead atoms. The van der Waals surface area contributed by atoms with Gasteiger partial charge in [-0.15, -0.1) is 0 Å². The maximum atomic E-state index is 12.9. The molecular formula is C17H20FNO2. The molecule has 112 valence electrons. The highest BCUT2D eigenvalue weighted by atomic mass is 19.1. The monoisotopic (exact) mass is 289 g/mol. The standard InChI is InChI=1S/C17H20FNO2/c1-17(8-10-20-11-9-17)19-12-15-6-7-16(21-15)13-2-4-14(18)5-3-13/h2-7,19H,8-12H2,1H3. The first kappa shape index (κ1) is 14.3. The van der Waals surface area contributed by atoms with Gasteiger partial charge in [-0.25, -0.2) is 4.39 Å². The fourth-order valence-corrected chi connectivity index (χ4v) is 2.54. The molecule has 2 aromatic rings. The zero-order valence-electron chi connectivity index (χ0n) is 12.2. The zero-order valence-corrected chi connectivity index (χ0v) is 12.2. The van der Waals surface area contributed by atoms with Crippen LogP contribution in [-0.4, -0.2) is 18.8 Å². The van der Waals surface area contributed by atoms with E-state index in [0.717, 1.165) is 43.1 Å². The van der Waals surface area contributed by atoms with Crippen LogP contribution in [0, 0.1) is 5.82 Å². The summed E-state index contributed by atoms with van der Waals surface area (Å²) in [4.78, 5) is 0. The topological polar surface area (TPSA) is 34.4 Å². The molecule has 0 atom stereocenters. The molecule has 1 aliphatic rings. The minimum absolute atomic E-state index is 0.112. The van der Waals surface area contributed by atoms with Crippen molar-refractivity contribution in [1.82, 2.24) is 5.32 Å². The lowest BCUT2D eigenvalue weighted by molar-refractivity contribution is 0.0439. The summed E-state index contributed by atoms with van der Waals surface area (Å²) in [6.45, 7) is 4.53. The minimum Gasteiger partial charge on any atom is -0.460 e. The third-order valence-electron chi connectivity index (χ3n) is 4.08. The van der Waals surface area contributed by atoms with Crippen molar-refractivity contribution >= 4 is 0 Å². The predicted octanol–water partition coefficient (Wildman–Crippen LogP) is 3.74. The summed E-state index contributed by atoms with van der Waals surface area (Å²) in [6.07, 6.45) is 2.02. The van der Waals surface area contributed by atoms with E-state index in [1.54, 1.807) is 12.1 Å². The number of nitrogens with one attached hydrogen (secondary N) is 1. The van der Waals surface area contributed by atoms with Crippen molar-refractivity contribution in [3.63, 3.8) is 0 Å². The fourth-order valence-electron chi connectivity index (χ4n) is 2.54. The average molecular weight is 289 g/mol. The molecule has 0 saturated carbocycles. The molecule has 3 rings (SSSR count). The second-order valence-electron chi connectivity index (χ2n) is 5.80. The van der Waals surface area contributed by atoms with Crippen LogP contribution < -0.4 is 5.32 Å². The van der Waals surface area contributed by atoms with Crippen molar-refractivity contribution < 1.29 is 13.5 Å². The normalized spacial score (nSPS) is 17.8. The van der Waals surface area contributed by atoms with E-state index in [2.05, 4.69) is 12.2 Å². The Kier molecular flexibility index (Phi) is 4.08. The Morgan fingerprint density at radius 2 is 1.81 bits per heavy atom. The highest BCUT2D eigenvalue weighted by molar-refractivity contribution is 5.57.